The minimum atomic E-state index is -0.131. The molecule has 3 aromatic rings. The molecule has 120 valence electrons. The van der Waals surface area contributed by atoms with Gasteiger partial charge in [-0.15, -0.1) is 6.58 Å². The van der Waals surface area contributed by atoms with Crippen LogP contribution < -0.4 is 0 Å². The van der Waals surface area contributed by atoms with Crippen LogP contribution in [0.2, 0.25) is 0 Å². The van der Waals surface area contributed by atoms with Crippen LogP contribution in [0.4, 0.5) is 0 Å². The van der Waals surface area contributed by atoms with E-state index in [1.807, 2.05) is 6.20 Å². The molecule has 0 saturated heterocycles. The number of fused-ring (bicyclic) bond motifs is 1. The summed E-state index contributed by atoms with van der Waals surface area (Å²) in [7, 11) is 0. The van der Waals surface area contributed by atoms with Gasteiger partial charge in [-0.05, 0) is 36.0 Å². The molecule has 1 N–H and O–H groups in total. The van der Waals surface area contributed by atoms with E-state index in [0.717, 1.165) is 12.8 Å². The number of H-pyrrole nitrogens is 1. The van der Waals surface area contributed by atoms with Crippen LogP contribution in [0.5, 0.6) is 0 Å². The summed E-state index contributed by atoms with van der Waals surface area (Å²) in [4.78, 5) is 7.75. The van der Waals surface area contributed by atoms with Gasteiger partial charge in [0.1, 0.15) is 0 Å². The van der Waals surface area contributed by atoms with Crippen molar-refractivity contribution < 1.29 is 0 Å². The zero-order valence-electron chi connectivity index (χ0n) is 13.8. The number of rotatable bonds is 4. The molecule has 4 rings (SSSR count). The van der Waals surface area contributed by atoms with Crippen molar-refractivity contribution in [2.24, 2.45) is 0 Å². The smallest absolute Gasteiger partial charge is 0.0922 e. The molecule has 1 aromatic heterocycles. The zero-order chi connectivity index (χ0) is 16.4. The largest absolute Gasteiger partial charge is 0.348 e. The van der Waals surface area contributed by atoms with Crippen LogP contribution in [0.1, 0.15) is 41.1 Å². The molecule has 0 amide bonds. The first-order valence-corrected chi connectivity index (χ1v) is 8.61. The highest BCUT2D eigenvalue weighted by molar-refractivity contribution is 5.49. The number of hydrogen-bond donors (Lipinski definition) is 1. The molecule has 0 fully saturated rings. The van der Waals surface area contributed by atoms with E-state index in [9.17, 15) is 0 Å². The van der Waals surface area contributed by atoms with Gasteiger partial charge in [-0.25, -0.2) is 4.98 Å². The van der Waals surface area contributed by atoms with E-state index in [0.29, 0.717) is 0 Å². The summed E-state index contributed by atoms with van der Waals surface area (Å²) in [5, 5.41) is 0. The fourth-order valence-electron chi connectivity index (χ4n) is 4.42. The quantitative estimate of drug-likeness (QED) is 0.674. The molecule has 2 atom stereocenters. The van der Waals surface area contributed by atoms with Crippen molar-refractivity contribution in [3.05, 3.63) is 102 Å². The summed E-state index contributed by atoms with van der Waals surface area (Å²) in [5.74, 6) is 0.209. The van der Waals surface area contributed by atoms with Gasteiger partial charge in [-0.3, -0.25) is 0 Å². The van der Waals surface area contributed by atoms with Gasteiger partial charge in [0.2, 0.25) is 0 Å². The van der Waals surface area contributed by atoms with E-state index in [4.69, 9.17) is 0 Å². The number of allylic oxidation sites excluding steroid dienone is 1. The number of aromatic nitrogens is 2. The first-order chi connectivity index (χ1) is 11.9. The van der Waals surface area contributed by atoms with Crippen molar-refractivity contribution in [1.29, 1.82) is 0 Å². The average molecular weight is 314 g/mol. The second kappa shape index (κ2) is 6.12. The second-order valence-electron chi connectivity index (χ2n) is 6.57. The molecule has 0 spiro atoms. The maximum Gasteiger partial charge on any atom is 0.0922 e. The lowest BCUT2D eigenvalue weighted by molar-refractivity contribution is 0.381. The summed E-state index contributed by atoms with van der Waals surface area (Å²) in [6, 6.07) is 19.6. The molecule has 1 heterocycles. The molecule has 2 aromatic carbocycles. The molecule has 2 unspecified atom stereocenters. The Balaban J connectivity index is 1.99. The molecule has 24 heavy (non-hydrogen) atoms. The lowest BCUT2D eigenvalue weighted by Crippen LogP contribution is -2.38. The maximum absolute atomic E-state index is 4.34. The van der Waals surface area contributed by atoms with Gasteiger partial charge in [-0.2, -0.15) is 0 Å². The monoisotopic (exact) mass is 314 g/mol. The molecule has 0 saturated carbocycles. The van der Waals surface area contributed by atoms with E-state index in [1.54, 1.807) is 6.33 Å². The first kappa shape index (κ1) is 14.9. The van der Waals surface area contributed by atoms with Crippen LogP contribution in [0.15, 0.2) is 79.8 Å². The van der Waals surface area contributed by atoms with Crippen molar-refractivity contribution in [3.8, 4) is 0 Å². The van der Waals surface area contributed by atoms with Gasteiger partial charge in [0.25, 0.3) is 0 Å². The first-order valence-electron chi connectivity index (χ1n) is 8.61. The van der Waals surface area contributed by atoms with Gasteiger partial charge in [0.15, 0.2) is 0 Å². The van der Waals surface area contributed by atoms with Crippen molar-refractivity contribution in [2.75, 3.05) is 0 Å². The molecule has 1 aliphatic carbocycles. The Morgan fingerprint density at radius 1 is 1.08 bits per heavy atom. The number of aryl methyl sites for hydroxylation is 1. The number of imidazole rings is 1. The van der Waals surface area contributed by atoms with E-state index in [1.165, 1.54) is 28.8 Å². The summed E-state index contributed by atoms with van der Waals surface area (Å²) >= 11 is 0. The zero-order valence-corrected chi connectivity index (χ0v) is 13.8. The molecule has 0 radical (unpaired) electrons. The highest BCUT2D eigenvalue weighted by Gasteiger charge is 2.45. The molecule has 2 heteroatoms. The predicted molar refractivity (Wildman–Crippen MR) is 98.1 cm³/mol. The Kier molecular flexibility index (Phi) is 3.81. The SMILES string of the molecule is C=CC(c1ccccc1)C1(c2cnc[nH]2)CCCc2ccccc21. The topological polar surface area (TPSA) is 28.7 Å². The van der Waals surface area contributed by atoms with Crippen LogP contribution in [0.25, 0.3) is 0 Å². The number of nitrogens with one attached hydrogen (secondary N) is 1. The third kappa shape index (κ3) is 2.22. The van der Waals surface area contributed by atoms with E-state index in [2.05, 4.69) is 77.2 Å². The van der Waals surface area contributed by atoms with Crippen molar-refractivity contribution >= 4 is 0 Å². The van der Waals surface area contributed by atoms with Crippen LogP contribution in [0.3, 0.4) is 0 Å². The summed E-state index contributed by atoms with van der Waals surface area (Å²) in [6.45, 7) is 4.21. The number of nitrogens with zero attached hydrogens (tertiary/aromatic N) is 1. The van der Waals surface area contributed by atoms with Crippen LogP contribution in [-0.4, -0.2) is 9.97 Å². The Morgan fingerprint density at radius 3 is 2.62 bits per heavy atom. The maximum atomic E-state index is 4.34. The van der Waals surface area contributed by atoms with Crippen molar-refractivity contribution in [3.63, 3.8) is 0 Å². The van der Waals surface area contributed by atoms with Gasteiger partial charge in [0.05, 0.1) is 6.33 Å². The van der Waals surface area contributed by atoms with E-state index >= 15 is 0 Å². The van der Waals surface area contributed by atoms with Crippen LogP contribution in [0, 0.1) is 0 Å². The van der Waals surface area contributed by atoms with Crippen LogP contribution in [-0.2, 0) is 11.8 Å². The Bertz CT molecular complexity index is 820. The molecular formula is C22H22N2. The predicted octanol–water partition coefficient (Wildman–Crippen LogP) is 5.00. The minimum absolute atomic E-state index is 0.131. The summed E-state index contributed by atoms with van der Waals surface area (Å²) < 4.78 is 0. The second-order valence-corrected chi connectivity index (χ2v) is 6.57. The van der Waals surface area contributed by atoms with Crippen LogP contribution >= 0.6 is 0 Å². The highest BCUT2D eigenvalue weighted by Crippen LogP contribution is 2.51. The Labute approximate surface area is 143 Å². The minimum Gasteiger partial charge on any atom is -0.348 e. The van der Waals surface area contributed by atoms with Crippen molar-refractivity contribution in [2.45, 2.75) is 30.6 Å². The van der Waals surface area contributed by atoms with E-state index < -0.39 is 0 Å². The number of benzene rings is 2. The van der Waals surface area contributed by atoms with Crippen molar-refractivity contribution in [1.82, 2.24) is 9.97 Å². The van der Waals surface area contributed by atoms with Gasteiger partial charge >= 0.3 is 0 Å². The molecular weight excluding hydrogens is 292 g/mol. The fourth-order valence-corrected chi connectivity index (χ4v) is 4.42. The number of hydrogen-bond acceptors (Lipinski definition) is 1. The van der Waals surface area contributed by atoms with E-state index in [-0.39, 0.29) is 11.3 Å². The molecule has 1 aliphatic rings. The fraction of sp³-hybridized carbons (Fsp3) is 0.227. The molecule has 0 aliphatic heterocycles. The number of aromatic amines is 1. The molecule has 2 nitrogen and oxygen atoms in total. The van der Waals surface area contributed by atoms with Gasteiger partial charge in [0, 0.05) is 23.2 Å². The normalized spacial score (nSPS) is 21.0. The third-order valence-corrected chi connectivity index (χ3v) is 5.42. The highest BCUT2D eigenvalue weighted by atomic mass is 14.9. The summed E-state index contributed by atoms with van der Waals surface area (Å²) in [5.41, 5.74) is 5.21. The Hall–Kier alpha value is -2.61. The summed E-state index contributed by atoms with van der Waals surface area (Å²) in [6.07, 6.45) is 9.30. The Morgan fingerprint density at radius 2 is 1.88 bits per heavy atom. The molecule has 0 bridgehead atoms. The average Bonchev–Trinajstić information content (AvgIpc) is 3.18. The lowest BCUT2D eigenvalue weighted by atomic mass is 9.59. The third-order valence-electron chi connectivity index (χ3n) is 5.42. The lowest BCUT2D eigenvalue weighted by Gasteiger charge is -2.43. The van der Waals surface area contributed by atoms with Gasteiger partial charge in [-0.1, -0.05) is 60.7 Å². The standard InChI is InChI=1S/C22H22N2/c1-2-19(17-9-4-3-5-10-17)22(21-15-23-16-24-21)14-8-12-18-11-6-7-13-20(18)22/h2-7,9-11,13,15-16,19H,1,8,12,14H2,(H,23,24). The van der Waals surface area contributed by atoms with Gasteiger partial charge < -0.3 is 4.98 Å².